The molecule has 1 aromatic rings. The second kappa shape index (κ2) is 7.85. The number of carbonyl (C=O) groups excluding carboxylic acids is 2. The summed E-state index contributed by atoms with van der Waals surface area (Å²) >= 11 is 0. The van der Waals surface area contributed by atoms with Crippen LogP contribution in [0.3, 0.4) is 0 Å². The fourth-order valence-corrected chi connectivity index (χ4v) is 2.01. The Hall–Kier alpha value is -2.24. The quantitative estimate of drug-likeness (QED) is 0.744. The smallest absolute Gasteiger partial charge is 0.339 e. The molecule has 23 heavy (non-hydrogen) atoms. The van der Waals surface area contributed by atoms with Crippen LogP contribution < -0.4 is 14.8 Å². The number of ether oxygens (including phenoxy) is 3. The lowest BCUT2D eigenvalue weighted by Crippen LogP contribution is -2.37. The second-order valence-corrected chi connectivity index (χ2v) is 5.36. The average molecular weight is 321 g/mol. The molecule has 1 N–H and O–H groups in total. The fourth-order valence-electron chi connectivity index (χ4n) is 2.01. The average Bonchev–Trinajstić information content (AvgIpc) is 3.33. The van der Waals surface area contributed by atoms with Crippen molar-refractivity contribution in [2.75, 3.05) is 13.2 Å². The Balaban J connectivity index is 2.02. The van der Waals surface area contributed by atoms with Gasteiger partial charge in [0.15, 0.2) is 17.6 Å². The van der Waals surface area contributed by atoms with Crippen molar-refractivity contribution in [1.82, 2.24) is 5.32 Å². The van der Waals surface area contributed by atoms with Crippen LogP contribution in [0, 0.1) is 0 Å². The molecule has 126 valence electrons. The Bertz CT molecular complexity index is 568. The minimum atomic E-state index is -0.829. The highest BCUT2D eigenvalue weighted by Gasteiger charge is 2.27. The maximum atomic E-state index is 12.2. The van der Waals surface area contributed by atoms with Gasteiger partial charge in [0.1, 0.15) is 0 Å². The van der Waals surface area contributed by atoms with E-state index in [1.165, 1.54) is 0 Å². The summed E-state index contributed by atoms with van der Waals surface area (Å²) in [6.45, 7) is 6.25. The van der Waals surface area contributed by atoms with Crippen molar-refractivity contribution in [3.05, 3.63) is 23.8 Å². The van der Waals surface area contributed by atoms with Gasteiger partial charge in [0.25, 0.3) is 5.91 Å². The number of carbonyl (C=O) groups is 2. The molecule has 1 aliphatic carbocycles. The van der Waals surface area contributed by atoms with Crippen LogP contribution in [0.25, 0.3) is 0 Å². The summed E-state index contributed by atoms with van der Waals surface area (Å²) in [5.74, 6) is 0.230. The summed E-state index contributed by atoms with van der Waals surface area (Å²) < 4.78 is 16.1. The highest BCUT2D eigenvalue weighted by Crippen LogP contribution is 2.29. The van der Waals surface area contributed by atoms with Gasteiger partial charge in [-0.25, -0.2) is 4.79 Å². The second-order valence-electron chi connectivity index (χ2n) is 5.36. The van der Waals surface area contributed by atoms with Gasteiger partial charge < -0.3 is 19.5 Å². The largest absolute Gasteiger partial charge is 0.490 e. The van der Waals surface area contributed by atoms with Crippen LogP contribution in [-0.4, -0.2) is 37.2 Å². The third-order valence-electron chi connectivity index (χ3n) is 3.36. The van der Waals surface area contributed by atoms with E-state index in [1.807, 2.05) is 13.8 Å². The molecule has 2 rings (SSSR count). The molecule has 1 fully saturated rings. The topological polar surface area (TPSA) is 73.9 Å². The zero-order valence-electron chi connectivity index (χ0n) is 13.8. The number of hydrogen-bond donors (Lipinski definition) is 1. The van der Waals surface area contributed by atoms with Crippen molar-refractivity contribution in [3.63, 3.8) is 0 Å². The van der Waals surface area contributed by atoms with Crippen molar-refractivity contribution >= 4 is 11.9 Å². The fraction of sp³-hybridized carbons (Fsp3) is 0.529. The Morgan fingerprint density at radius 1 is 1.17 bits per heavy atom. The van der Waals surface area contributed by atoms with Gasteiger partial charge in [-0.1, -0.05) is 0 Å². The predicted molar refractivity (Wildman–Crippen MR) is 84.8 cm³/mol. The molecule has 0 radical (unpaired) electrons. The predicted octanol–water partition coefficient (Wildman–Crippen LogP) is 2.31. The van der Waals surface area contributed by atoms with Crippen LogP contribution in [0.5, 0.6) is 11.5 Å². The lowest BCUT2D eigenvalue weighted by Gasteiger charge is -2.15. The van der Waals surface area contributed by atoms with E-state index in [9.17, 15) is 9.59 Å². The molecule has 0 bridgehead atoms. The van der Waals surface area contributed by atoms with Crippen LogP contribution in [0.4, 0.5) is 0 Å². The summed E-state index contributed by atoms with van der Waals surface area (Å²) in [4.78, 5) is 24.0. The minimum Gasteiger partial charge on any atom is -0.490 e. The van der Waals surface area contributed by atoms with E-state index >= 15 is 0 Å². The van der Waals surface area contributed by atoms with Crippen molar-refractivity contribution in [3.8, 4) is 11.5 Å². The standard InChI is InChI=1S/C17H23NO5/c1-4-21-14-9-6-12(10-15(14)22-5-2)17(20)23-11(3)16(19)18-13-7-8-13/h6,9-11,13H,4-5,7-8H2,1-3H3,(H,18,19)/t11-/m1/s1. The van der Waals surface area contributed by atoms with Gasteiger partial charge in [-0.2, -0.15) is 0 Å². The summed E-state index contributed by atoms with van der Waals surface area (Å²) in [7, 11) is 0. The van der Waals surface area contributed by atoms with Crippen molar-refractivity contribution in [1.29, 1.82) is 0 Å². The molecule has 1 saturated carbocycles. The first-order valence-corrected chi connectivity index (χ1v) is 7.96. The first kappa shape index (κ1) is 17.1. The van der Waals surface area contributed by atoms with Crippen molar-refractivity contribution in [2.45, 2.75) is 45.8 Å². The molecule has 0 aliphatic heterocycles. The molecule has 0 saturated heterocycles. The maximum absolute atomic E-state index is 12.2. The number of nitrogens with one attached hydrogen (secondary N) is 1. The SMILES string of the molecule is CCOc1ccc(C(=O)O[C@H](C)C(=O)NC2CC2)cc1OCC. The number of hydrogen-bond acceptors (Lipinski definition) is 5. The van der Waals surface area contributed by atoms with Crippen molar-refractivity contribution < 1.29 is 23.8 Å². The van der Waals surface area contributed by atoms with Gasteiger partial charge in [0, 0.05) is 6.04 Å². The Kier molecular flexibility index (Phi) is 5.84. The summed E-state index contributed by atoms with van der Waals surface area (Å²) in [5, 5.41) is 2.81. The molecule has 1 aromatic carbocycles. The molecule has 0 unspecified atom stereocenters. The molecule has 1 atom stereocenters. The van der Waals surface area contributed by atoms with Crippen LogP contribution >= 0.6 is 0 Å². The number of amides is 1. The summed E-state index contributed by atoms with van der Waals surface area (Å²) in [6, 6.07) is 5.07. The van der Waals surface area contributed by atoms with Gasteiger partial charge >= 0.3 is 5.97 Å². The maximum Gasteiger partial charge on any atom is 0.339 e. The zero-order valence-corrected chi connectivity index (χ0v) is 13.8. The van der Waals surface area contributed by atoms with Gasteiger partial charge in [0.2, 0.25) is 0 Å². The Labute approximate surface area is 136 Å². The van der Waals surface area contributed by atoms with Crippen LogP contribution in [-0.2, 0) is 9.53 Å². The third kappa shape index (κ3) is 4.87. The molecule has 0 spiro atoms. The molecule has 0 aromatic heterocycles. The normalized spacial score (nSPS) is 14.7. The zero-order chi connectivity index (χ0) is 16.8. The lowest BCUT2D eigenvalue weighted by atomic mass is 10.2. The number of rotatable bonds is 8. The van der Waals surface area contributed by atoms with Gasteiger partial charge in [0.05, 0.1) is 18.8 Å². The van der Waals surface area contributed by atoms with Gasteiger partial charge in [-0.05, 0) is 51.8 Å². The van der Waals surface area contributed by atoms with E-state index in [1.54, 1.807) is 25.1 Å². The number of benzene rings is 1. The van der Waals surface area contributed by atoms with E-state index in [0.29, 0.717) is 30.3 Å². The molecule has 1 aliphatic rings. The number of esters is 1. The van der Waals surface area contributed by atoms with Crippen LogP contribution in [0.1, 0.15) is 44.0 Å². The van der Waals surface area contributed by atoms with E-state index < -0.39 is 12.1 Å². The monoisotopic (exact) mass is 321 g/mol. The first-order valence-electron chi connectivity index (χ1n) is 7.96. The lowest BCUT2D eigenvalue weighted by molar-refractivity contribution is -0.129. The van der Waals surface area contributed by atoms with Crippen LogP contribution in [0.2, 0.25) is 0 Å². The highest BCUT2D eigenvalue weighted by molar-refractivity contribution is 5.93. The Morgan fingerprint density at radius 2 is 1.83 bits per heavy atom. The Morgan fingerprint density at radius 3 is 2.43 bits per heavy atom. The van der Waals surface area contributed by atoms with E-state index in [-0.39, 0.29) is 11.9 Å². The van der Waals surface area contributed by atoms with E-state index in [2.05, 4.69) is 5.32 Å². The first-order chi connectivity index (χ1) is 11.0. The molecule has 6 heteroatoms. The molecule has 0 heterocycles. The molecular weight excluding hydrogens is 298 g/mol. The molecule has 6 nitrogen and oxygen atoms in total. The molecular formula is C17H23NO5. The molecule has 1 amide bonds. The minimum absolute atomic E-state index is 0.235. The van der Waals surface area contributed by atoms with Gasteiger partial charge in [-0.15, -0.1) is 0 Å². The highest BCUT2D eigenvalue weighted by atomic mass is 16.5. The van der Waals surface area contributed by atoms with E-state index in [4.69, 9.17) is 14.2 Å². The summed E-state index contributed by atoms with van der Waals surface area (Å²) in [6.07, 6.45) is 1.15. The third-order valence-corrected chi connectivity index (χ3v) is 3.36. The summed E-state index contributed by atoms with van der Waals surface area (Å²) in [5.41, 5.74) is 0.322. The van der Waals surface area contributed by atoms with Gasteiger partial charge in [-0.3, -0.25) is 4.79 Å². The van der Waals surface area contributed by atoms with Crippen LogP contribution in [0.15, 0.2) is 18.2 Å². The van der Waals surface area contributed by atoms with Crippen molar-refractivity contribution in [2.24, 2.45) is 0 Å². The van der Waals surface area contributed by atoms with E-state index in [0.717, 1.165) is 12.8 Å².